The van der Waals surface area contributed by atoms with E-state index in [2.05, 4.69) is 15.5 Å². The number of hydrogen-bond acceptors (Lipinski definition) is 5. The Balaban J connectivity index is 1.51. The Morgan fingerprint density at radius 2 is 2.04 bits per heavy atom. The van der Waals surface area contributed by atoms with Gasteiger partial charge in [-0.2, -0.15) is 0 Å². The van der Waals surface area contributed by atoms with Crippen molar-refractivity contribution in [3.05, 3.63) is 64.9 Å². The van der Waals surface area contributed by atoms with Crippen LogP contribution in [0.25, 0.3) is 11.4 Å². The zero-order chi connectivity index (χ0) is 19.2. The Labute approximate surface area is 164 Å². The molecule has 0 aliphatic heterocycles. The fraction of sp³-hybridized carbons (Fsp3) is 0.167. The number of nitrogens with zero attached hydrogens (tertiary/aromatic N) is 3. The number of carbonyl (C=O) groups is 1. The van der Waals surface area contributed by atoms with Gasteiger partial charge in [0.1, 0.15) is 5.82 Å². The van der Waals surface area contributed by atoms with Crippen LogP contribution in [-0.2, 0) is 11.2 Å². The van der Waals surface area contributed by atoms with E-state index in [9.17, 15) is 9.18 Å². The van der Waals surface area contributed by atoms with Gasteiger partial charge in [0.2, 0.25) is 11.1 Å². The third-order valence-electron chi connectivity index (χ3n) is 3.75. The van der Waals surface area contributed by atoms with E-state index in [1.165, 1.54) is 22.5 Å². The molecule has 3 aromatic rings. The van der Waals surface area contributed by atoms with Gasteiger partial charge in [-0.1, -0.05) is 53.7 Å². The quantitative estimate of drug-likeness (QED) is 0.466. The molecule has 0 radical (unpaired) electrons. The van der Waals surface area contributed by atoms with Crippen molar-refractivity contribution in [2.24, 2.45) is 0 Å². The van der Waals surface area contributed by atoms with Gasteiger partial charge in [-0.15, -0.1) is 10.2 Å². The molecule has 1 aromatic heterocycles. The molecular weight excluding hydrogens is 389 g/mol. The highest BCUT2D eigenvalue weighted by Gasteiger charge is 2.14. The molecular formula is C18H17ClFN5OS. The van der Waals surface area contributed by atoms with Gasteiger partial charge in [0, 0.05) is 17.1 Å². The SMILES string of the molecule is Nn1c(SCC(=O)NCCc2ccccc2F)nnc1-c1cccc(Cl)c1. The number of hydrogen-bond donors (Lipinski definition) is 2. The summed E-state index contributed by atoms with van der Waals surface area (Å²) in [6, 6.07) is 13.6. The number of halogens is 2. The van der Waals surface area contributed by atoms with E-state index < -0.39 is 0 Å². The summed E-state index contributed by atoms with van der Waals surface area (Å²) in [4.78, 5) is 12.0. The predicted molar refractivity (Wildman–Crippen MR) is 104 cm³/mol. The van der Waals surface area contributed by atoms with Gasteiger partial charge >= 0.3 is 0 Å². The van der Waals surface area contributed by atoms with E-state index in [4.69, 9.17) is 17.4 Å². The van der Waals surface area contributed by atoms with Crippen molar-refractivity contribution in [1.82, 2.24) is 20.2 Å². The molecule has 2 aromatic carbocycles. The second-order valence-corrected chi connectivity index (χ2v) is 7.05. The molecule has 0 aliphatic carbocycles. The average molecular weight is 406 g/mol. The number of amides is 1. The van der Waals surface area contributed by atoms with Crippen LogP contribution in [0.3, 0.4) is 0 Å². The minimum absolute atomic E-state index is 0.127. The van der Waals surface area contributed by atoms with Crippen molar-refractivity contribution in [2.45, 2.75) is 11.6 Å². The summed E-state index contributed by atoms with van der Waals surface area (Å²) in [5.41, 5.74) is 1.30. The van der Waals surface area contributed by atoms with Crippen LogP contribution >= 0.6 is 23.4 Å². The summed E-state index contributed by atoms with van der Waals surface area (Å²) < 4.78 is 14.9. The van der Waals surface area contributed by atoms with Crippen LogP contribution in [0.2, 0.25) is 5.02 Å². The Bertz CT molecular complexity index is 949. The van der Waals surface area contributed by atoms with Crippen molar-refractivity contribution < 1.29 is 9.18 Å². The molecule has 0 unspecified atom stereocenters. The lowest BCUT2D eigenvalue weighted by Crippen LogP contribution is -2.27. The Morgan fingerprint density at radius 3 is 2.81 bits per heavy atom. The van der Waals surface area contributed by atoms with Crippen LogP contribution in [0.1, 0.15) is 5.56 Å². The lowest BCUT2D eigenvalue weighted by molar-refractivity contribution is -0.118. The molecule has 140 valence electrons. The molecule has 0 saturated carbocycles. The van der Waals surface area contributed by atoms with Crippen molar-refractivity contribution in [2.75, 3.05) is 18.1 Å². The lowest BCUT2D eigenvalue weighted by atomic mass is 10.1. The first-order valence-corrected chi connectivity index (χ1v) is 9.50. The monoisotopic (exact) mass is 405 g/mol. The van der Waals surface area contributed by atoms with Gasteiger partial charge in [-0.05, 0) is 30.2 Å². The summed E-state index contributed by atoms with van der Waals surface area (Å²) in [5.74, 6) is 6.14. The van der Waals surface area contributed by atoms with Gasteiger partial charge in [-0.3, -0.25) is 4.79 Å². The molecule has 6 nitrogen and oxygen atoms in total. The number of aromatic nitrogens is 3. The molecule has 3 rings (SSSR count). The summed E-state index contributed by atoms with van der Waals surface area (Å²) >= 11 is 7.15. The van der Waals surface area contributed by atoms with Gasteiger partial charge < -0.3 is 11.2 Å². The smallest absolute Gasteiger partial charge is 0.230 e. The molecule has 0 spiro atoms. The Hall–Kier alpha value is -2.58. The van der Waals surface area contributed by atoms with Crippen molar-refractivity contribution in [3.8, 4) is 11.4 Å². The van der Waals surface area contributed by atoms with E-state index in [-0.39, 0.29) is 17.5 Å². The molecule has 0 aliphatic rings. The summed E-state index contributed by atoms with van der Waals surface area (Å²) in [6.45, 7) is 0.351. The molecule has 9 heteroatoms. The number of benzene rings is 2. The van der Waals surface area contributed by atoms with Crippen LogP contribution in [0.5, 0.6) is 0 Å². The number of nitrogens with two attached hydrogens (primary N) is 1. The number of nitrogens with one attached hydrogen (secondary N) is 1. The minimum Gasteiger partial charge on any atom is -0.355 e. The highest BCUT2D eigenvalue weighted by molar-refractivity contribution is 7.99. The summed E-state index contributed by atoms with van der Waals surface area (Å²) in [6.07, 6.45) is 0.426. The molecule has 27 heavy (non-hydrogen) atoms. The first-order valence-electron chi connectivity index (χ1n) is 8.14. The fourth-order valence-electron chi connectivity index (χ4n) is 2.42. The van der Waals surface area contributed by atoms with Gasteiger partial charge in [-0.25, -0.2) is 9.07 Å². The van der Waals surface area contributed by atoms with E-state index in [1.807, 2.05) is 6.07 Å². The van der Waals surface area contributed by atoms with E-state index >= 15 is 0 Å². The first kappa shape index (κ1) is 19.2. The number of rotatable bonds is 7. The van der Waals surface area contributed by atoms with Gasteiger partial charge in [0.05, 0.1) is 5.75 Å². The standard InChI is InChI=1S/C18H17ClFN5OS/c19-14-6-3-5-13(10-14)17-23-24-18(25(17)21)27-11-16(26)22-9-8-12-4-1-2-7-15(12)20/h1-7,10H,8-9,11,21H2,(H,22,26). The molecule has 1 heterocycles. The third-order valence-corrected chi connectivity index (χ3v) is 4.93. The highest BCUT2D eigenvalue weighted by Crippen LogP contribution is 2.23. The molecule has 1 amide bonds. The number of thioether (sulfide) groups is 1. The Kier molecular flexibility index (Phi) is 6.31. The fourth-order valence-corrected chi connectivity index (χ4v) is 3.30. The van der Waals surface area contributed by atoms with Crippen LogP contribution in [-0.4, -0.2) is 33.1 Å². The van der Waals surface area contributed by atoms with Crippen molar-refractivity contribution >= 4 is 29.3 Å². The largest absolute Gasteiger partial charge is 0.355 e. The summed E-state index contributed by atoms with van der Waals surface area (Å²) in [7, 11) is 0. The van der Waals surface area contributed by atoms with Crippen LogP contribution < -0.4 is 11.2 Å². The minimum atomic E-state index is -0.272. The molecule has 3 N–H and O–H groups in total. The topological polar surface area (TPSA) is 85.8 Å². The first-order chi connectivity index (χ1) is 13.0. The summed E-state index contributed by atoms with van der Waals surface area (Å²) in [5, 5.41) is 11.8. The molecule has 0 saturated heterocycles. The maximum Gasteiger partial charge on any atom is 0.230 e. The van der Waals surface area contributed by atoms with E-state index in [1.54, 1.807) is 36.4 Å². The zero-order valence-electron chi connectivity index (χ0n) is 14.2. The van der Waals surface area contributed by atoms with Gasteiger partial charge in [0.25, 0.3) is 0 Å². The number of nitrogen functional groups attached to an aromatic ring is 1. The van der Waals surface area contributed by atoms with Gasteiger partial charge in [0.15, 0.2) is 5.82 Å². The third kappa shape index (κ3) is 4.99. The lowest BCUT2D eigenvalue weighted by Gasteiger charge is -2.06. The van der Waals surface area contributed by atoms with E-state index in [0.717, 1.165) is 5.56 Å². The second kappa shape index (κ2) is 8.88. The van der Waals surface area contributed by atoms with Crippen molar-refractivity contribution in [3.63, 3.8) is 0 Å². The predicted octanol–water partition coefficient (Wildman–Crippen LogP) is 2.90. The average Bonchev–Trinajstić information content (AvgIpc) is 3.02. The number of carbonyl (C=O) groups excluding carboxylic acids is 1. The normalized spacial score (nSPS) is 10.7. The molecule has 0 bridgehead atoms. The highest BCUT2D eigenvalue weighted by atomic mass is 35.5. The molecule has 0 atom stereocenters. The van der Waals surface area contributed by atoms with Crippen LogP contribution in [0.15, 0.2) is 53.7 Å². The second-order valence-electron chi connectivity index (χ2n) is 5.67. The molecule has 0 fully saturated rings. The maximum atomic E-state index is 13.5. The van der Waals surface area contributed by atoms with Crippen molar-refractivity contribution in [1.29, 1.82) is 0 Å². The zero-order valence-corrected chi connectivity index (χ0v) is 15.8. The van der Waals surface area contributed by atoms with Crippen LogP contribution in [0.4, 0.5) is 4.39 Å². The Morgan fingerprint density at radius 1 is 1.22 bits per heavy atom. The van der Waals surface area contributed by atoms with E-state index in [0.29, 0.717) is 34.5 Å². The van der Waals surface area contributed by atoms with Crippen LogP contribution in [0, 0.1) is 5.82 Å². The maximum absolute atomic E-state index is 13.5.